The molecule has 12 heteroatoms. The number of carbonyl (C=O) groups is 1. The van der Waals surface area contributed by atoms with Crippen LogP contribution in [0.25, 0.3) is 23.2 Å². The maximum Gasteiger partial charge on any atom is 0.276 e. The van der Waals surface area contributed by atoms with Gasteiger partial charge in [0.05, 0.1) is 16.2 Å². The molecule has 0 saturated carbocycles. The van der Waals surface area contributed by atoms with Crippen molar-refractivity contribution in [2.45, 2.75) is 5.16 Å². The largest absolute Gasteiger partial charge is 0.276 e. The Bertz CT molecular complexity index is 1470. The number of benzene rings is 3. The molecule has 0 radical (unpaired) electrons. The number of thioether (sulfide) groups is 1. The second kappa shape index (κ2) is 12.3. The second-order valence-corrected chi connectivity index (χ2v) is 9.22. The van der Waals surface area contributed by atoms with E-state index in [0.29, 0.717) is 26.6 Å². The van der Waals surface area contributed by atoms with Crippen molar-refractivity contribution in [3.8, 4) is 17.1 Å². The zero-order valence-corrected chi connectivity index (χ0v) is 21.3. The number of carbonyl (C=O) groups excluding carboxylic acids is 1. The number of nitrogens with zero attached hydrogens (tertiary/aromatic N) is 5. The minimum atomic E-state index is -0.461. The van der Waals surface area contributed by atoms with E-state index in [1.165, 1.54) is 36.2 Å². The maximum atomic E-state index is 12.4. The van der Waals surface area contributed by atoms with E-state index < -0.39 is 4.92 Å². The van der Waals surface area contributed by atoms with Gasteiger partial charge in [0.25, 0.3) is 11.6 Å². The van der Waals surface area contributed by atoms with Gasteiger partial charge in [-0.15, -0.1) is 10.2 Å². The molecule has 0 fully saturated rings. The SMILES string of the molecule is O=C(CSc1nnc(-c2ccc(Cl)cc2)n1-c1ccc(Cl)cc1)NN=CC=Cc1ccccc1[N+](=O)[O-]. The first kappa shape index (κ1) is 26.1. The Kier molecular flexibility index (Phi) is 8.68. The first-order chi connectivity index (χ1) is 17.9. The van der Waals surface area contributed by atoms with Crippen molar-refractivity contribution < 1.29 is 9.72 Å². The highest BCUT2D eigenvalue weighted by atomic mass is 35.5. The summed E-state index contributed by atoms with van der Waals surface area (Å²) in [7, 11) is 0. The van der Waals surface area contributed by atoms with Crippen molar-refractivity contribution in [2.24, 2.45) is 5.10 Å². The summed E-state index contributed by atoms with van der Waals surface area (Å²) < 4.78 is 1.83. The Morgan fingerprint density at radius 2 is 1.70 bits per heavy atom. The van der Waals surface area contributed by atoms with E-state index in [1.807, 2.05) is 28.8 Å². The number of nitro groups is 1. The molecular formula is C25H18Cl2N6O3S. The van der Waals surface area contributed by atoms with E-state index in [9.17, 15) is 14.9 Å². The Labute approximate surface area is 226 Å². The summed E-state index contributed by atoms with van der Waals surface area (Å²) in [6, 6.07) is 20.7. The summed E-state index contributed by atoms with van der Waals surface area (Å²) in [4.78, 5) is 23.0. The van der Waals surface area contributed by atoms with Gasteiger partial charge in [0.1, 0.15) is 0 Å². The van der Waals surface area contributed by atoms with Crippen molar-refractivity contribution in [3.05, 3.63) is 105 Å². The van der Waals surface area contributed by atoms with E-state index in [1.54, 1.807) is 42.5 Å². The van der Waals surface area contributed by atoms with Gasteiger partial charge in [0.15, 0.2) is 11.0 Å². The van der Waals surface area contributed by atoms with Gasteiger partial charge in [-0.25, -0.2) is 5.43 Å². The molecule has 0 saturated heterocycles. The summed E-state index contributed by atoms with van der Waals surface area (Å²) >= 11 is 13.3. The highest BCUT2D eigenvalue weighted by Crippen LogP contribution is 2.29. The molecule has 3 aromatic carbocycles. The monoisotopic (exact) mass is 552 g/mol. The van der Waals surface area contributed by atoms with Gasteiger partial charge in [-0.2, -0.15) is 5.10 Å². The number of rotatable bonds is 9. The van der Waals surface area contributed by atoms with E-state index in [-0.39, 0.29) is 17.3 Å². The number of aromatic nitrogens is 3. The fraction of sp³-hybridized carbons (Fsp3) is 0.0400. The number of hydrogen-bond donors (Lipinski definition) is 1. The highest BCUT2D eigenvalue weighted by Gasteiger charge is 2.17. The van der Waals surface area contributed by atoms with Gasteiger partial charge < -0.3 is 0 Å². The van der Waals surface area contributed by atoms with Gasteiger partial charge >= 0.3 is 0 Å². The number of para-hydroxylation sites is 1. The second-order valence-electron chi connectivity index (χ2n) is 7.40. The van der Waals surface area contributed by atoms with E-state index in [2.05, 4.69) is 20.7 Å². The number of hydrazone groups is 1. The summed E-state index contributed by atoms with van der Waals surface area (Å²) in [6.45, 7) is 0. The summed E-state index contributed by atoms with van der Waals surface area (Å²) in [6.07, 6.45) is 4.38. The molecule has 0 aliphatic heterocycles. The first-order valence-corrected chi connectivity index (χ1v) is 12.5. The molecular weight excluding hydrogens is 535 g/mol. The van der Waals surface area contributed by atoms with Crippen LogP contribution < -0.4 is 5.43 Å². The molecule has 4 aromatic rings. The molecule has 1 heterocycles. The zero-order chi connectivity index (χ0) is 26.2. The lowest BCUT2D eigenvalue weighted by atomic mass is 10.2. The Balaban J connectivity index is 1.44. The van der Waals surface area contributed by atoms with Gasteiger partial charge in [0.2, 0.25) is 0 Å². The van der Waals surface area contributed by atoms with Crippen LogP contribution in [0.5, 0.6) is 0 Å². The number of amides is 1. The molecule has 4 rings (SSSR count). The highest BCUT2D eigenvalue weighted by molar-refractivity contribution is 7.99. The minimum absolute atomic E-state index is 0.0182. The fourth-order valence-corrected chi connectivity index (χ4v) is 4.22. The predicted molar refractivity (Wildman–Crippen MR) is 146 cm³/mol. The molecule has 9 nitrogen and oxygen atoms in total. The molecule has 0 spiro atoms. The lowest BCUT2D eigenvalue weighted by molar-refractivity contribution is -0.385. The first-order valence-electron chi connectivity index (χ1n) is 10.7. The smallest absolute Gasteiger partial charge is 0.272 e. The number of halogens is 2. The summed E-state index contributed by atoms with van der Waals surface area (Å²) in [5, 5.41) is 25.2. The molecule has 37 heavy (non-hydrogen) atoms. The standard InChI is InChI=1S/C25H18Cl2N6O3S/c26-19-9-7-18(8-10-19)24-30-31-25(32(24)21-13-11-20(27)12-14-21)37-16-23(34)29-28-15-3-5-17-4-1-2-6-22(17)33(35)36/h1-15H,16H2,(H,29,34). The molecule has 0 aliphatic rings. The Hall–Kier alpha value is -3.99. The van der Waals surface area contributed by atoms with Crippen LogP contribution >= 0.6 is 35.0 Å². The van der Waals surface area contributed by atoms with Crippen molar-refractivity contribution in [1.29, 1.82) is 0 Å². The Morgan fingerprint density at radius 3 is 2.41 bits per heavy atom. The molecule has 1 aromatic heterocycles. The van der Waals surface area contributed by atoms with Crippen molar-refractivity contribution in [1.82, 2.24) is 20.2 Å². The molecule has 1 N–H and O–H groups in total. The van der Waals surface area contributed by atoms with Crippen LogP contribution in [-0.2, 0) is 4.79 Å². The van der Waals surface area contributed by atoms with E-state index in [0.717, 1.165) is 11.3 Å². The third kappa shape index (κ3) is 6.82. The number of allylic oxidation sites excluding steroid dienone is 1. The zero-order valence-electron chi connectivity index (χ0n) is 19.0. The van der Waals surface area contributed by atoms with Crippen LogP contribution in [0.15, 0.2) is 89.1 Å². The van der Waals surface area contributed by atoms with Crippen molar-refractivity contribution >= 4 is 58.8 Å². The van der Waals surface area contributed by atoms with Gasteiger partial charge in [0, 0.05) is 33.6 Å². The third-order valence-electron chi connectivity index (χ3n) is 4.91. The lowest BCUT2D eigenvalue weighted by Crippen LogP contribution is -2.19. The van der Waals surface area contributed by atoms with Gasteiger partial charge in [-0.1, -0.05) is 47.1 Å². The molecule has 1 amide bonds. The van der Waals surface area contributed by atoms with Crippen LogP contribution in [0.2, 0.25) is 10.0 Å². The average Bonchev–Trinajstić information content (AvgIpc) is 3.32. The van der Waals surface area contributed by atoms with Crippen LogP contribution in [0.4, 0.5) is 5.69 Å². The summed E-state index contributed by atoms with van der Waals surface area (Å²) in [5.41, 5.74) is 4.42. The fourth-order valence-electron chi connectivity index (χ4n) is 3.23. The number of nitrogens with one attached hydrogen (secondary N) is 1. The van der Waals surface area contributed by atoms with Gasteiger partial charge in [-0.3, -0.25) is 19.5 Å². The average molecular weight is 553 g/mol. The topological polar surface area (TPSA) is 115 Å². The van der Waals surface area contributed by atoms with Gasteiger partial charge in [-0.05, 0) is 66.7 Å². The molecule has 0 unspecified atom stereocenters. The number of hydrogen-bond acceptors (Lipinski definition) is 7. The van der Waals surface area contributed by atoms with Crippen LogP contribution in [0, 0.1) is 10.1 Å². The number of nitro benzene ring substituents is 1. The predicted octanol–water partition coefficient (Wildman–Crippen LogP) is 6.06. The van der Waals surface area contributed by atoms with Crippen molar-refractivity contribution in [3.63, 3.8) is 0 Å². The Morgan fingerprint density at radius 1 is 1.03 bits per heavy atom. The normalized spacial score (nSPS) is 11.3. The van der Waals surface area contributed by atoms with E-state index in [4.69, 9.17) is 23.2 Å². The molecule has 0 bridgehead atoms. The van der Waals surface area contributed by atoms with Crippen LogP contribution in [-0.4, -0.2) is 37.6 Å². The molecule has 186 valence electrons. The van der Waals surface area contributed by atoms with Crippen LogP contribution in [0.3, 0.4) is 0 Å². The van der Waals surface area contributed by atoms with Crippen molar-refractivity contribution in [2.75, 3.05) is 5.75 Å². The lowest BCUT2D eigenvalue weighted by Gasteiger charge is -2.10. The van der Waals surface area contributed by atoms with E-state index >= 15 is 0 Å². The third-order valence-corrected chi connectivity index (χ3v) is 6.34. The van der Waals surface area contributed by atoms with Crippen LogP contribution in [0.1, 0.15) is 5.56 Å². The summed E-state index contributed by atoms with van der Waals surface area (Å²) in [5.74, 6) is 0.247. The molecule has 0 atom stereocenters. The minimum Gasteiger partial charge on any atom is -0.272 e. The maximum absolute atomic E-state index is 12.4. The quantitative estimate of drug-likeness (QED) is 0.117. The molecule has 0 aliphatic carbocycles.